The molecule has 0 aliphatic rings. The number of carbonyl (C=O) groups excluding carboxylic acids is 1. The molecule has 0 saturated heterocycles. The molecule has 1 heterocycles. The van der Waals surface area contributed by atoms with Crippen molar-refractivity contribution < 1.29 is 4.79 Å². The Morgan fingerprint density at radius 3 is 2.65 bits per heavy atom. The maximum atomic E-state index is 12.9. The molecule has 0 fully saturated rings. The van der Waals surface area contributed by atoms with Crippen LogP contribution in [0.15, 0.2) is 54.6 Å². The first-order valence-corrected chi connectivity index (χ1v) is 9.74. The molecule has 26 heavy (non-hydrogen) atoms. The van der Waals surface area contributed by atoms with Crippen LogP contribution in [-0.2, 0) is 23.6 Å². The molecule has 5 nitrogen and oxygen atoms in total. The summed E-state index contributed by atoms with van der Waals surface area (Å²) < 4.78 is 1.96. The number of nitrogens with zero attached hydrogens (tertiary/aromatic N) is 4. The fourth-order valence-electron chi connectivity index (χ4n) is 2.90. The lowest BCUT2D eigenvalue weighted by molar-refractivity contribution is -0.131. The van der Waals surface area contributed by atoms with E-state index in [-0.39, 0.29) is 19.0 Å². The summed E-state index contributed by atoms with van der Waals surface area (Å²) in [5.74, 6) is 1.53. The van der Waals surface area contributed by atoms with Gasteiger partial charge in [0.05, 0.1) is 22.9 Å². The van der Waals surface area contributed by atoms with Gasteiger partial charge in [0.25, 0.3) is 0 Å². The van der Waals surface area contributed by atoms with E-state index in [1.807, 2.05) is 65.4 Å². The second kappa shape index (κ2) is 8.54. The van der Waals surface area contributed by atoms with Crippen molar-refractivity contribution in [3.63, 3.8) is 0 Å². The molecule has 6 heteroatoms. The van der Waals surface area contributed by atoms with Crippen molar-refractivity contribution in [3.8, 4) is 6.07 Å². The number of carbonyl (C=O) groups is 1. The van der Waals surface area contributed by atoms with Crippen molar-refractivity contribution in [1.82, 2.24) is 14.5 Å². The van der Waals surface area contributed by atoms with Gasteiger partial charge in [0.2, 0.25) is 5.91 Å². The van der Waals surface area contributed by atoms with Gasteiger partial charge in [-0.1, -0.05) is 42.5 Å². The molecule has 0 unspecified atom stereocenters. The van der Waals surface area contributed by atoms with E-state index in [4.69, 9.17) is 5.26 Å². The first-order chi connectivity index (χ1) is 12.7. The number of rotatable bonds is 7. The summed E-state index contributed by atoms with van der Waals surface area (Å²) in [6, 6.07) is 19.7. The van der Waals surface area contributed by atoms with Gasteiger partial charge in [-0.2, -0.15) is 17.0 Å². The molecule has 0 spiro atoms. The van der Waals surface area contributed by atoms with E-state index in [0.717, 1.165) is 28.2 Å². The maximum Gasteiger partial charge on any atom is 0.243 e. The van der Waals surface area contributed by atoms with Crippen LogP contribution in [0.25, 0.3) is 11.0 Å². The second-order valence-corrected chi connectivity index (χ2v) is 6.80. The highest BCUT2D eigenvalue weighted by Crippen LogP contribution is 2.19. The number of nitriles is 1. The van der Waals surface area contributed by atoms with E-state index < -0.39 is 0 Å². The third kappa shape index (κ3) is 4.06. The smallest absolute Gasteiger partial charge is 0.243 e. The highest BCUT2D eigenvalue weighted by Gasteiger charge is 2.18. The van der Waals surface area contributed by atoms with Gasteiger partial charge in [-0.05, 0) is 24.0 Å². The van der Waals surface area contributed by atoms with Crippen molar-refractivity contribution in [2.24, 2.45) is 0 Å². The largest absolute Gasteiger partial charge is 0.323 e. The van der Waals surface area contributed by atoms with Crippen molar-refractivity contribution >= 4 is 28.7 Å². The van der Waals surface area contributed by atoms with Crippen LogP contribution < -0.4 is 0 Å². The standard InChI is InChI=1S/C20H20N4OS/c1-26-15-19-22-17-9-5-6-10-18(17)24(19)14-20(25)23(12-11-21)13-16-7-3-2-4-8-16/h2-10H,12-15H2,1H3. The van der Waals surface area contributed by atoms with E-state index >= 15 is 0 Å². The molecule has 3 rings (SSSR count). The van der Waals surface area contributed by atoms with Gasteiger partial charge in [-0.3, -0.25) is 4.79 Å². The molecule has 1 amide bonds. The Morgan fingerprint density at radius 2 is 1.92 bits per heavy atom. The molecule has 0 aliphatic heterocycles. The topological polar surface area (TPSA) is 61.9 Å². The minimum Gasteiger partial charge on any atom is -0.323 e. The Kier molecular flexibility index (Phi) is 5.92. The SMILES string of the molecule is CSCc1nc2ccccc2n1CC(=O)N(CC#N)Cc1ccccc1. The first-order valence-electron chi connectivity index (χ1n) is 8.34. The maximum absolute atomic E-state index is 12.9. The normalized spacial score (nSPS) is 10.6. The van der Waals surface area contributed by atoms with E-state index in [2.05, 4.69) is 11.1 Å². The van der Waals surface area contributed by atoms with Gasteiger partial charge < -0.3 is 9.47 Å². The lowest BCUT2D eigenvalue weighted by Gasteiger charge is -2.21. The van der Waals surface area contributed by atoms with Crippen LogP contribution in [0, 0.1) is 11.3 Å². The Hall–Kier alpha value is -2.78. The predicted octanol–water partition coefficient (Wildman–Crippen LogP) is 3.45. The molecule has 0 bridgehead atoms. The van der Waals surface area contributed by atoms with E-state index in [0.29, 0.717) is 6.54 Å². The molecule has 2 aromatic carbocycles. The summed E-state index contributed by atoms with van der Waals surface area (Å²) in [6.45, 7) is 0.681. The highest BCUT2D eigenvalue weighted by molar-refractivity contribution is 7.97. The van der Waals surface area contributed by atoms with Crippen molar-refractivity contribution in [3.05, 3.63) is 66.0 Å². The van der Waals surface area contributed by atoms with Gasteiger partial charge in [-0.15, -0.1) is 0 Å². The number of amides is 1. The average molecular weight is 364 g/mol. The molecule has 3 aromatic rings. The fourth-order valence-corrected chi connectivity index (χ4v) is 3.38. The van der Waals surface area contributed by atoms with Crippen LogP contribution in [0.3, 0.4) is 0 Å². The minimum atomic E-state index is -0.0825. The summed E-state index contributed by atoms with van der Waals surface area (Å²) in [6.07, 6.45) is 2.02. The van der Waals surface area contributed by atoms with Gasteiger partial charge >= 0.3 is 0 Å². The predicted molar refractivity (Wildman–Crippen MR) is 104 cm³/mol. The van der Waals surface area contributed by atoms with Gasteiger partial charge in [-0.25, -0.2) is 4.98 Å². The molecule has 0 aliphatic carbocycles. The van der Waals surface area contributed by atoms with Crippen LogP contribution in [0.5, 0.6) is 0 Å². The summed E-state index contributed by atoms with van der Waals surface area (Å²) in [5.41, 5.74) is 2.84. The van der Waals surface area contributed by atoms with Crippen LogP contribution >= 0.6 is 11.8 Å². The second-order valence-electron chi connectivity index (χ2n) is 5.93. The van der Waals surface area contributed by atoms with Crippen molar-refractivity contribution in [2.45, 2.75) is 18.8 Å². The van der Waals surface area contributed by atoms with Crippen LogP contribution in [-0.4, -0.2) is 33.2 Å². The monoisotopic (exact) mass is 364 g/mol. The molecule has 0 saturated carbocycles. The zero-order valence-corrected chi connectivity index (χ0v) is 15.4. The third-order valence-electron chi connectivity index (χ3n) is 4.13. The number of imidazole rings is 1. The summed E-state index contributed by atoms with van der Waals surface area (Å²) in [5, 5.41) is 9.13. The number of benzene rings is 2. The zero-order chi connectivity index (χ0) is 18.4. The minimum absolute atomic E-state index is 0.0677. The van der Waals surface area contributed by atoms with Crippen LogP contribution in [0.4, 0.5) is 0 Å². The average Bonchev–Trinajstić information content (AvgIpc) is 3.00. The molecular weight excluding hydrogens is 344 g/mol. The van der Waals surface area contributed by atoms with E-state index in [9.17, 15) is 4.79 Å². The number of aromatic nitrogens is 2. The fraction of sp³-hybridized carbons (Fsp3) is 0.250. The third-order valence-corrected chi connectivity index (χ3v) is 4.68. The van der Waals surface area contributed by atoms with Crippen molar-refractivity contribution in [1.29, 1.82) is 5.26 Å². The zero-order valence-electron chi connectivity index (χ0n) is 14.6. The highest BCUT2D eigenvalue weighted by atomic mass is 32.2. The number of fused-ring (bicyclic) bond motifs is 1. The summed E-state index contributed by atoms with van der Waals surface area (Å²) in [4.78, 5) is 19.2. The van der Waals surface area contributed by atoms with E-state index in [1.54, 1.807) is 16.7 Å². The van der Waals surface area contributed by atoms with Crippen LogP contribution in [0.2, 0.25) is 0 Å². The van der Waals surface area contributed by atoms with Crippen LogP contribution in [0.1, 0.15) is 11.4 Å². The number of thioether (sulfide) groups is 1. The number of para-hydroxylation sites is 2. The van der Waals surface area contributed by atoms with Crippen molar-refractivity contribution in [2.75, 3.05) is 12.8 Å². The van der Waals surface area contributed by atoms with E-state index in [1.165, 1.54) is 0 Å². The lowest BCUT2D eigenvalue weighted by atomic mass is 10.2. The quantitative estimate of drug-likeness (QED) is 0.603. The van der Waals surface area contributed by atoms with Gasteiger partial charge in [0.1, 0.15) is 18.9 Å². The molecule has 1 aromatic heterocycles. The number of hydrogen-bond donors (Lipinski definition) is 0. The first kappa shape index (κ1) is 18.0. The summed E-state index contributed by atoms with van der Waals surface area (Å²) >= 11 is 1.67. The Balaban J connectivity index is 1.86. The Morgan fingerprint density at radius 1 is 1.19 bits per heavy atom. The molecule has 132 valence electrons. The van der Waals surface area contributed by atoms with Gasteiger partial charge in [0.15, 0.2) is 0 Å². The Bertz CT molecular complexity index is 930. The molecule has 0 atom stereocenters. The molecule has 0 N–H and O–H groups in total. The molecule has 0 radical (unpaired) electrons. The molecular formula is C20H20N4OS. The number of hydrogen-bond acceptors (Lipinski definition) is 4. The summed E-state index contributed by atoms with van der Waals surface area (Å²) in [7, 11) is 0. The lowest BCUT2D eigenvalue weighted by Crippen LogP contribution is -2.34. The Labute approximate surface area is 157 Å². The van der Waals surface area contributed by atoms with Gasteiger partial charge in [0, 0.05) is 6.54 Å².